The summed E-state index contributed by atoms with van der Waals surface area (Å²) in [6, 6.07) is 0.167. The maximum Gasteiger partial charge on any atom is 0.381 e. The molecule has 1 aromatic heterocycles. The molecule has 21 heavy (non-hydrogen) atoms. The molecule has 8 nitrogen and oxygen atoms in total. The predicted octanol–water partition coefficient (Wildman–Crippen LogP) is 0.733. The number of nitrogens with zero attached hydrogens (tertiary/aromatic N) is 3. The lowest BCUT2D eigenvalue weighted by Gasteiger charge is -2.19. The van der Waals surface area contributed by atoms with Crippen LogP contribution in [0.3, 0.4) is 0 Å². The van der Waals surface area contributed by atoms with Crippen LogP contribution in [0.2, 0.25) is 0 Å². The fourth-order valence-corrected chi connectivity index (χ4v) is 2.82. The molecule has 3 N–H and O–H groups in total. The molecule has 2 unspecified atom stereocenters. The zero-order valence-electron chi connectivity index (χ0n) is 12.1. The quantitative estimate of drug-likeness (QED) is 0.593. The molecule has 2 atom stereocenters. The van der Waals surface area contributed by atoms with Gasteiger partial charge >= 0.3 is 5.82 Å². The molecular weight excluding hydrogens is 274 g/mol. The summed E-state index contributed by atoms with van der Waals surface area (Å²) in [6.45, 7) is 2.67. The predicted molar refractivity (Wildman–Crippen MR) is 76.6 cm³/mol. The Morgan fingerprint density at radius 2 is 2.38 bits per heavy atom. The van der Waals surface area contributed by atoms with E-state index in [0.717, 1.165) is 19.3 Å². The molecule has 1 fully saturated rings. The number of hydrogen-bond donors (Lipinski definition) is 2. The summed E-state index contributed by atoms with van der Waals surface area (Å²) in [6.07, 6.45) is 4.78. The smallest absolute Gasteiger partial charge is 0.358 e. The molecule has 0 bridgehead atoms. The van der Waals surface area contributed by atoms with E-state index in [9.17, 15) is 14.9 Å². The molecule has 1 heterocycles. The van der Waals surface area contributed by atoms with Gasteiger partial charge in [-0.2, -0.15) is 0 Å². The van der Waals surface area contributed by atoms with Crippen molar-refractivity contribution in [2.45, 2.75) is 45.2 Å². The summed E-state index contributed by atoms with van der Waals surface area (Å²) in [7, 11) is 0. The van der Waals surface area contributed by atoms with Crippen LogP contribution in [0.15, 0.2) is 6.20 Å². The molecule has 1 aliphatic rings. The monoisotopic (exact) mass is 295 g/mol. The fourth-order valence-electron chi connectivity index (χ4n) is 2.82. The van der Waals surface area contributed by atoms with Gasteiger partial charge in [-0.3, -0.25) is 4.79 Å². The third kappa shape index (κ3) is 3.78. The first-order chi connectivity index (χ1) is 10.0. The van der Waals surface area contributed by atoms with Crippen molar-refractivity contribution >= 4 is 11.7 Å². The lowest BCUT2D eigenvalue weighted by atomic mass is 10.0. The highest BCUT2D eigenvalue weighted by Gasteiger charge is 2.27. The summed E-state index contributed by atoms with van der Waals surface area (Å²) in [5, 5.41) is 13.7. The topological polar surface area (TPSA) is 116 Å². The average Bonchev–Trinajstić information content (AvgIpc) is 3.03. The van der Waals surface area contributed by atoms with Crippen LogP contribution < -0.4 is 11.1 Å². The van der Waals surface area contributed by atoms with E-state index in [4.69, 9.17) is 5.73 Å². The standard InChI is InChI=1S/C13H21N5O3/c1-9-15-12(18(20)21)8-17(9)6-5-13(19)16-11-4-2-3-10(11)7-14/h8,10-11H,2-7,14H2,1H3,(H,16,19). The molecule has 8 heteroatoms. The van der Waals surface area contributed by atoms with E-state index < -0.39 is 4.92 Å². The number of carbonyl (C=O) groups is 1. The van der Waals surface area contributed by atoms with Gasteiger partial charge in [-0.1, -0.05) is 6.42 Å². The van der Waals surface area contributed by atoms with Crippen molar-refractivity contribution < 1.29 is 9.72 Å². The van der Waals surface area contributed by atoms with Crippen LogP contribution in [-0.4, -0.2) is 33.0 Å². The highest BCUT2D eigenvalue weighted by molar-refractivity contribution is 5.76. The minimum Gasteiger partial charge on any atom is -0.358 e. The first-order valence-corrected chi connectivity index (χ1v) is 7.19. The van der Waals surface area contributed by atoms with Gasteiger partial charge in [0.05, 0.1) is 0 Å². The van der Waals surface area contributed by atoms with Crippen molar-refractivity contribution in [3.05, 3.63) is 22.1 Å². The van der Waals surface area contributed by atoms with E-state index in [1.165, 1.54) is 6.20 Å². The van der Waals surface area contributed by atoms with Crippen LogP contribution in [0, 0.1) is 23.0 Å². The number of carbonyl (C=O) groups excluding carboxylic acids is 1. The summed E-state index contributed by atoms with van der Waals surface area (Å²) in [4.78, 5) is 25.9. The molecule has 2 rings (SSSR count). The highest BCUT2D eigenvalue weighted by atomic mass is 16.6. The molecular formula is C13H21N5O3. The van der Waals surface area contributed by atoms with Gasteiger partial charge in [0.1, 0.15) is 6.20 Å². The van der Waals surface area contributed by atoms with Crippen LogP contribution in [-0.2, 0) is 11.3 Å². The van der Waals surface area contributed by atoms with E-state index in [1.807, 2.05) is 0 Å². The van der Waals surface area contributed by atoms with Gasteiger partial charge in [-0.25, -0.2) is 0 Å². The molecule has 1 aliphatic carbocycles. The van der Waals surface area contributed by atoms with Crippen LogP contribution in [0.1, 0.15) is 31.5 Å². The van der Waals surface area contributed by atoms with Crippen molar-refractivity contribution in [2.75, 3.05) is 6.54 Å². The van der Waals surface area contributed by atoms with E-state index >= 15 is 0 Å². The summed E-state index contributed by atoms with van der Waals surface area (Å²) in [5.74, 6) is 0.670. The lowest BCUT2D eigenvalue weighted by Crippen LogP contribution is -2.40. The molecule has 116 valence electrons. The summed E-state index contributed by atoms with van der Waals surface area (Å²) >= 11 is 0. The average molecular weight is 295 g/mol. The molecule has 0 saturated heterocycles. The van der Waals surface area contributed by atoms with Gasteiger partial charge in [-0.05, 0) is 35.2 Å². The Labute approximate surface area is 122 Å². The summed E-state index contributed by atoms with van der Waals surface area (Å²) in [5.41, 5.74) is 5.69. The Morgan fingerprint density at radius 1 is 1.62 bits per heavy atom. The molecule has 1 saturated carbocycles. The van der Waals surface area contributed by atoms with Crippen LogP contribution in [0.4, 0.5) is 5.82 Å². The molecule has 0 aromatic carbocycles. The fraction of sp³-hybridized carbons (Fsp3) is 0.692. The zero-order valence-corrected chi connectivity index (χ0v) is 12.1. The molecule has 1 aromatic rings. The second-order valence-electron chi connectivity index (χ2n) is 5.45. The van der Waals surface area contributed by atoms with Crippen molar-refractivity contribution in [1.82, 2.24) is 14.9 Å². The van der Waals surface area contributed by atoms with Crippen LogP contribution in [0.5, 0.6) is 0 Å². The third-order valence-corrected chi connectivity index (χ3v) is 4.04. The van der Waals surface area contributed by atoms with Crippen molar-refractivity contribution in [1.29, 1.82) is 0 Å². The van der Waals surface area contributed by atoms with Crippen LogP contribution in [0.25, 0.3) is 0 Å². The van der Waals surface area contributed by atoms with Gasteiger partial charge in [0.15, 0.2) is 0 Å². The van der Waals surface area contributed by atoms with Gasteiger partial charge in [-0.15, -0.1) is 0 Å². The maximum absolute atomic E-state index is 12.0. The Balaban J connectivity index is 1.85. The number of nitrogens with two attached hydrogens (primary N) is 1. The molecule has 0 spiro atoms. The van der Waals surface area contributed by atoms with Crippen LogP contribution >= 0.6 is 0 Å². The number of aromatic nitrogens is 2. The number of nitrogens with one attached hydrogen (secondary N) is 1. The normalized spacial score (nSPS) is 21.4. The largest absolute Gasteiger partial charge is 0.381 e. The number of amides is 1. The Bertz CT molecular complexity index is 528. The number of hydrogen-bond acceptors (Lipinski definition) is 5. The molecule has 1 amide bonds. The van der Waals surface area contributed by atoms with Crippen molar-refractivity contribution in [3.8, 4) is 0 Å². The van der Waals surface area contributed by atoms with E-state index in [1.54, 1.807) is 11.5 Å². The van der Waals surface area contributed by atoms with Crippen molar-refractivity contribution in [2.24, 2.45) is 11.7 Å². The van der Waals surface area contributed by atoms with E-state index in [-0.39, 0.29) is 24.2 Å². The first kappa shape index (κ1) is 15.4. The van der Waals surface area contributed by atoms with Gasteiger partial charge < -0.3 is 25.7 Å². The maximum atomic E-state index is 12.0. The minimum atomic E-state index is -0.534. The van der Waals surface area contributed by atoms with E-state index in [2.05, 4.69) is 10.3 Å². The van der Waals surface area contributed by atoms with E-state index in [0.29, 0.717) is 24.8 Å². The van der Waals surface area contributed by atoms with Gasteiger partial charge in [0.2, 0.25) is 11.7 Å². The SMILES string of the molecule is Cc1nc([N+](=O)[O-])cn1CCC(=O)NC1CCCC1CN. The van der Waals surface area contributed by atoms with Gasteiger partial charge in [0, 0.05) is 25.9 Å². The number of aryl methyl sites for hydroxylation is 2. The second-order valence-corrected chi connectivity index (χ2v) is 5.45. The highest BCUT2D eigenvalue weighted by Crippen LogP contribution is 2.24. The lowest BCUT2D eigenvalue weighted by molar-refractivity contribution is -0.389. The Kier molecular flexibility index (Phi) is 4.89. The van der Waals surface area contributed by atoms with Crippen molar-refractivity contribution in [3.63, 3.8) is 0 Å². The Morgan fingerprint density at radius 3 is 3.00 bits per heavy atom. The first-order valence-electron chi connectivity index (χ1n) is 7.19. The minimum absolute atomic E-state index is 0.0453. The third-order valence-electron chi connectivity index (χ3n) is 4.04. The molecule has 0 radical (unpaired) electrons. The number of nitro groups is 1. The zero-order chi connectivity index (χ0) is 15.4. The Hall–Kier alpha value is -1.96. The number of imidazole rings is 1. The summed E-state index contributed by atoms with van der Waals surface area (Å²) < 4.78 is 1.63. The van der Waals surface area contributed by atoms with Gasteiger partial charge in [0.25, 0.3) is 0 Å². The number of rotatable bonds is 6. The second kappa shape index (κ2) is 6.66. The molecule has 0 aliphatic heterocycles.